The van der Waals surface area contributed by atoms with Crippen LogP contribution in [0.3, 0.4) is 0 Å². The van der Waals surface area contributed by atoms with Crippen LogP contribution in [0.5, 0.6) is 0 Å². The summed E-state index contributed by atoms with van der Waals surface area (Å²) in [6, 6.07) is 8.42. The lowest BCUT2D eigenvalue weighted by Gasteiger charge is -2.17. The Morgan fingerprint density at radius 1 is 1.23 bits per heavy atom. The minimum atomic E-state index is -4.45. The molecular formula is C20H18F3N5O2. The van der Waals surface area contributed by atoms with Gasteiger partial charge in [0.15, 0.2) is 0 Å². The van der Waals surface area contributed by atoms with Crippen LogP contribution in [0.2, 0.25) is 0 Å². The molecule has 1 fully saturated rings. The van der Waals surface area contributed by atoms with Crippen molar-refractivity contribution in [3.05, 3.63) is 48.2 Å². The van der Waals surface area contributed by atoms with E-state index < -0.39 is 11.7 Å². The highest BCUT2D eigenvalue weighted by Crippen LogP contribution is 2.32. The zero-order valence-corrected chi connectivity index (χ0v) is 16.0. The molecule has 0 spiro atoms. The molecule has 10 heteroatoms. The van der Waals surface area contributed by atoms with Gasteiger partial charge in [-0.25, -0.2) is 4.98 Å². The second-order valence-electron chi connectivity index (χ2n) is 7.04. The molecule has 4 rings (SSSR count). The first-order valence-electron chi connectivity index (χ1n) is 9.29. The standard InChI is InChI=1S/C20H18F3N5O2/c1-12(29)25-16-7-8-28(11-16)17-6-5-14(10-24-17)19-26-18(27-30-19)13-3-2-4-15(9-13)20(21,22)23/h2-6,9-10,16H,7-8,11H2,1H3,(H,25,29)/t16-/m1/s1. The highest BCUT2D eigenvalue weighted by molar-refractivity contribution is 5.73. The van der Waals surface area contributed by atoms with Gasteiger partial charge >= 0.3 is 6.18 Å². The minimum Gasteiger partial charge on any atom is -0.354 e. The molecule has 1 aliphatic rings. The van der Waals surface area contributed by atoms with Crippen molar-refractivity contribution in [3.63, 3.8) is 0 Å². The van der Waals surface area contributed by atoms with Crippen LogP contribution in [0, 0.1) is 0 Å². The highest BCUT2D eigenvalue weighted by atomic mass is 19.4. The Hall–Kier alpha value is -3.43. The van der Waals surface area contributed by atoms with Crippen LogP contribution < -0.4 is 10.2 Å². The molecule has 1 aliphatic heterocycles. The monoisotopic (exact) mass is 417 g/mol. The quantitative estimate of drug-likeness (QED) is 0.699. The Balaban J connectivity index is 1.49. The van der Waals surface area contributed by atoms with E-state index in [9.17, 15) is 18.0 Å². The zero-order chi connectivity index (χ0) is 21.3. The third kappa shape index (κ3) is 4.27. The largest absolute Gasteiger partial charge is 0.416 e. The van der Waals surface area contributed by atoms with Crippen LogP contribution in [0.25, 0.3) is 22.8 Å². The summed E-state index contributed by atoms with van der Waals surface area (Å²) in [6.07, 6.45) is -2.03. The van der Waals surface area contributed by atoms with Crippen molar-refractivity contribution in [2.45, 2.75) is 25.6 Å². The van der Waals surface area contributed by atoms with Crippen molar-refractivity contribution < 1.29 is 22.5 Å². The average Bonchev–Trinajstić information content (AvgIpc) is 3.37. The molecule has 1 N–H and O–H groups in total. The molecule has 1 amide bonds. The number of nitrogens with zero attached hydrogens (tertiary/aromatic N) is 4. The molecule has 2 aromatic heterocycles. The number of benzene rings is 1. The molecule has 30 heavy (non-hydrogen) atoms. The van der Waals surface area contributed by atoms with Crippen LogP contribution in [0.1, 0.15) is 18.9 Å². The van der Waals surface area contributed by atoms with Crippen LogP contribution in [-0.2, 0) is 11.0 Å². The Labute approximate surface area is 169 Å². The van der Waals surface area contributed by atoms with Gasteiger partial charge in [0, 0.05) is 37.8 Å². The minimum absolute atomic E-state index is 0.0573. The fourth-order valence-corrected chi connectivity index (χ4v) is 3.37. The molecule has 0 aliphatic carbocycles. The molecule has 3 aromatic rings. The lowest BCUT2D eigenvalue weighted by molar-refractivity contribution is -0.137. The molecule has 7 nitrogen and oxygen atoms in total. The topological polar surface area (TPSA) is 84.2 Å². The third-order valence-corrected chi connectivity index (χ3v) is 4.79. The first-order chi connectivity index (χ1) is 14.3. The van der Waals surface area contributed by atoms with E-state index >= 15 is 0 Å². The summed E-state index contributed by atoms with van der Waals surface area (Å²) >= 11 is 0. The molecule has 3 heterocycles. The van der Waals surface area contributed by atoms with Gasteiger partial charge in [-0.1, -0.05) is 17.3 Å². The molecule has 1 atom stereocenters. The first kappa shape index (κ1) is 19.9. The Morgan fingerprint density at radius 3 is 2.77 bits per heavy atom. The summed E-state index contributed by atoms with van der Waals surface area (Å²) in [4.78, 5) is 21.9. The van der Waals surface area contributed by atoms with E-state index in [2.05, 4.69) is 25.3 Å². The fraction of sp³-hybridized carbons (Fsp3) is 0.300. The van der Waals surface area contributed by atoms with Crippen molar-refractivity contribution in [3.8, 4) is 22.8 Å². The first-order valence-corrected chi connectivity index (χ1v) is 9.29. The summed E-state index contributed by atoms with van der Waals surface area (Å²) < 4.78 is 43.9. The Morgan fingerprint density at radius 2 is 2.07 bits per heavy atom. The van der Waals surface area contributed by atoms with Crippen molar-refractivity contribution >= 4 is 11.7 Å². The van der Waals surface area contributed by atoms with Gasteiger partial charge in [0.2, 0.25) is 11.7 Å². The van der Waals surface area contributed by atoms with E-state index in [4.69, 9.17) is 4.52 Å². The van der Waals surface area contributed by atoms with Gasteiger partial charge in [0.05, 0.1) is 11.1 Å². The van der Waals surface area contributed by atoms with Crippen molar-refractivity contribution in [2.24, 2.45) is 0 Å². The van der Waals surface area contributed by atoms with Gasteiger partial charge in [-0.2, -0.15) is 18.2 Å². The van der Waals surface area contributed by atoms with Crippen LogP contribution in [0.4, 0.5) is 19.0 Å². The normalized spacial score (nSPS) is 16.7. The number of carbonyl (C=O) groups excluding carboxylic acids is 1. The lowest BCUT2D eigenvalue weighted by Crippen LogP contribution is -2.35. The third-order valence-electron chi connectivity index (χ3n) is 4.79. The molecule has 1 aromatic carbocycles. The van der Waals surface area contributed by atoms with Crippen LogP contribution >= 0.6 is 0 Å². The van der Waals surface area contributed by atoms with E-state index in [0.29, 0.717) is 12.1 Å². The maximum atomic E-state index is 12.9. The van der Waals surface area contributed by atoms with Gasteiger partial charge in [0.25, 0.3) is 5.89 Å². The number of pyridine rings is 1. The number of hydrogen-bond acceptors (Lipinski definition) is 6. The average molecular weight is 417 g/mol. The van der Waals surface area contributed by atoms with Gasteiger partial charge in [-0.3, -0.25) is 4.79 Å². The molecular weight excluding hydrogens is 399 g/mol. The number of halogens is 3. The molecule has 0 bridgehead atoms. The van der Waals surface area contributed by atoms with E-state index in [-0.39, 0.29) is 29.2 Å². The molecule has 0 saturated carbocycles. The van der Waals surface area contributed by atoms with Gasteiger partial charge in [0.1, 0.15) is 5.82 Å². The summed E-state index contributed by atoms with van der Waals surface area (Å²) in [5, 5.41) is 6.69. The maximum absolute atomic E-state index is 12.9. The lowest BCUT2D eigenvalue weighted by atomic mass is 10.1. The van der Waals surface area contributed by atoms with E-state index in [0.717, 1.165) is 30.9 Å². The van der Waals surface area contributed by atoms with Gasteiger partial charge in [-0.05, 0) is 30.7 Å². The van der Waals surface area contributed by atoms with Crippen molar-refractivity contribution in [1.29, 1.82) is 0 Å². The molecule has 0 radical (unpaired) electrons. The number of anilines is 1. The van der Waals surface area contributed by atoms with Crippen LogP contribution in [-0.4, -0.2) is 40.2 Å². The number of carbonyl (C=O) groups is 1. The number of alkyl halides is 3. The fourth-order valence-electron chi connectivity index (χ4n) is 3.37. The summed E-state index contributed by atoms with van der Waals surface area (Å²) in [7, 11) is 0. The van der Waals surface area contributed by atoms with Gasteiger partial charge in [-0.15, -0.1) is 0 Å². The zero-order valence-electron chi connectivity index (χ0n) is 16.0. The smallest absolute Gasteiger partial charge is 0.354 e. The molecule has 156 valence electrons. The van der Waals surface area contributed by atoms with Crippen molar-refractivity contribution in [1.82, 2.24) is 20.4 Å². The predicted octanol–water partition coefficient (Wildman–Crippen LogP) is 3.53. The maximum Gasteiger partial charge on any atom is 0.416 e. The number of rotatable bonds is 4. The van der Waals surface area contributed by atoms with E-state index in [1.54, 1.807) is 18.3 Å². The molecule has 0 unspecified atom stereocenters. The van der Waals surface area contributed by atoms with Crippen molar-refractivity contribution in [2.75, 3.05) is 18.0 Å². The molecule has 1 saturated heterocycles. The highest BCUT2D eigenvalue weighted by Gasteiger charge is 2.31. The number of nitrogens with one attached hydrogen (secondary N) is 1. The number of amides is 1. The van der Waals surface area contributed by atoms with Gasteiger partial charge < -0.3 is 14.7 Å². The Kier molecular flexibility index (Phi) is 5.15. The Bertz CT molecular complexity index is 1050. The second kappa shape index (κ2) is 7.77. The summed E-state index contributed by atoms with van der Waals surface area (Å²) in [5.41, 5.74) is -0.00637. The summed E-state index contributed by atoms with van der Waals surface area (Å²) in [5.74, 6) is 0.930. The van der Waals surface area contributed by atoms with Crippen LogP contribution in [0.15, 0.2) is 47.1 Å². The second-order valence-corrected chi connectivity index (χ2v) is 7.04. The predicted molar refractivity (Wildman–Crippen MR) is 102 cm³/mol. The van der Waals surface area contributed by atoms with E-state index in [1.807, 2.05) is 0 Å². The number of aromatic nitrogens is 3. The summed E-state index contributed by atoms with van der Waals surface area (Å²) in [6.45, 7) is 2.94. The van der Waals surface area contributed by atoms with E-state index in [1.165, 1.54) is 19.1 Å². The SMILES string of the molecule is CC(=O)N[C@@H]1CCN(c2ccc(-c3nc(-c4cccc(C(F)(F)F)c4)no3)cn2)C1. The number of hydrogen-bond donors (Lipinski definition) is 1.